The molecular weight excluding hydrogens is 270 g/mol. The van der Waals surface area contributed by atoms with Crippen LogP contribution >= 0.6 is 0 Å². The van der Waals surface area contributed by atoms with Gasteiger partial charge in [-0.15, -0.1) is 0 Å². The maximum Gasteiger partial charge on any atom is 0.315 e. The highest BCUT2D eigenvalue weighted by atomic mass is 16.2. The molecule has 3 rings (SSSR count). The first-order valence-corrected chi connectivity index (χ1v) is 7.24. The van der Waals surface area contributed by atoms with Crippen LogP contribution in [0.15, 0.2) is 18.3 Å². The standard InChI is InChI=1S/C14H19N5O2/c20-13(11-9-17-14(21)18-11)16-8-10-3-4-12(15-7-10)19-5-1-2-6-19/h3-4,7,11H,1-2,5-6,8-9H2,(H,16,20)(H2,17,18,21). The number of hydrogen-bond donors (Lipinski definition) is 3. The van der Waals surface area contributed by atoms with E-state index in [-0.39, 0.29) is 11.9 Å². The predicted molar refractivity (Wildman–Crippen MR) is 77.9 cm³/mol. The third-order valence-corrected chi connectivity index (χ3v) is 3.79. The summed E-state index contributed by atoms with van der Waals surface area (Å²) >= 11 is 0. The van der Waals surface area contributed by atoms with E-state index in [4.69, 9.17) is 0 Å². The van der Waals surface area contributed by atoms with E-state index >= 15 is 0 Å². The van der Waals surface area contributed by atoms with Crippen LogP contribution in [0.2, 0.25) is 0 Å². The van der Waals surface area contributed by atoms with Crippen LogP contribution in [-0.4, -0.2) is 42.6 Å². The van der Waals surface area contributed by atoms with E-state index in [0.717, 1.165) is 24.5 Å². The zero-order valence-corrected chi connectivity index (χ0v) is 11.8. The van der Waals surface area contributed by atoms with E-state index in [9.17, 15) is 9.59 Å². The van der Waals surface area contributed by atoms with Gasteiger partial charge in [-0.05, 0) is 24.5 Å². The molecule has 2 fully saturated rings. The van der Waals surface area contributed by atoms with Gasteiger partial charge in [-0.2, -0.15) is 0 Å². The van der Waals surface area contributed by atoms with Crippen molar-refractivity contribution in [2.75, 3.05) is 24.5 Å². The number of carbonyl (C=O) groups is 2. The predicted octanol–water partition coefficient (Wildman–Crippen LogP) is -0.0206. The zero-order chi connectivity index (χ0) is 14.7. The van der Waals surface area contributed by atoms with Crippen LogP contribution in [0.25, 0.3) is 0 Å². The molecule has 0 aromatic carbocycles. The molecule has 0 bridgehead atoms. The topological polar surface area (TPSA) is 86.4 Å². The number of aromatic nitrogens is 1. The molecule has 3 heterocycles. The molecule has 21 heavy (non-hydrogen) atoms. The van der Waals surface area contributed by atoms with Crippen molar-refractivity contribution in [3.05, 3.63) is 23.9 Å². The molecule has 1 aromatic rings. The third-order valence-electron chi connectivity index (χ3n) is 3.79. The first-order valence-electron chi connectivity index (χ1n) is 7.24. The number of urea groups is 1. The molecule has 1 aromatic heterocycles. The molecule has 2 saturated heterocycles. The average Bonchev–Trinajstić information content (AvgIpc) is 3.16. The summed E-state index contributed by atoms with van der Waals surface area (Å²) in [6.07, 6.45) is 4.24. The fourth-order valence-electron chi connectivity index (χ4n) is 2.58. The molecule has 1 atom stereocenters. The average molecular weight is 289 g/mol. The van der Waals surface area contributed by atoms with Crippen molar-refractivity contribution in [2.45, 2.75) is 25.4 Å². The van der Waals surface area contributed by atoms with Crippen molar-refractivity contribution in [1.82, 2.24) is 20.9 Å². The lowest BCUT2D eigenvalue weighted by atomic mass is 10.2. The number of carbonyl (C=O) groups excluding carboxylic acids is 2. The lowest BCUT2D eigenvalue weighted by Gasteiger charge is -2.16. The zero-order valence-electron chi connectivity index (χ0n) is 11.8. The summed E-state index contributed by atoms with van der Waals surface area (Å²) in [6, 6.07) is 3.18. The summed E-state index contributed by atoms with van der Waals surface area (Å²) < 4.78 is 0. The Balaban J connectivity index is 1.51. The highest BCUT2D eigenvalue weighted by Gasteiger charge is 2.26. The number of pyridine rings is 1. The first kappa shape index (κ1) is 13.7. The number of amides is 3. The molecule has 7 heteroatoms. The van der Waals surface area contributed by atoms with Crippen LogP contribution in [0.5, 0.6) is 0 Å². The van der Waals surface area contributed by atoms with Crippen molar-refractivity contribution in [2.24, 2.45) is 0 Å². The minimum atomic E-state index is -0.491. The van der Waals surface area contributed by atoms with Crippen molar-refractivity contribution in [3.8, 4) is 0 Å². The Bertz CT molecular complexity index is 525. The second kappa shape index (κ2) is 5.99. The molecule has 0 radical (unpaired) electrons. The summed E-state index contributed by atoms with van der Waals surface area (Å²) in [7, 11) is 0. The maximum atomic E-state index is 11.8. The lowest BCUT2D eigenvalue weighted by molar-refractivity contribution is -0.122. The highest BCUT2D eigenvalue weighted by Crippen LogP contribution is 2.17. The van der Waals surface area contributed by atoms with Gasteiger partial charge in [0, 0.05) is 32.4 Å². The van der Waals surface area contributed by atoms with Crippen LogP contribution in [0, 0.1) is 0 Å². The van der Waals surface area contributed by atoms with Gasteiger partial charge in [0.15, 0.2) is 0 Å². The van der Waals surface area contributed by atoms with Gasteiger partial charge in [-0.3, -0.25) is 4.79 Å². The van der Waals surface area contributed by atoms with Crippen LogP contribution in [-0.2, 0) is 11.3 Å². The number of rotatable bonds is 4. The number of nitrogens with one attached hydrogen (secondary N) is 3. The van der Waals surface area contributed by atoms with E-state index in [1.807, 2.05) is 12.1 Å². The molecule has 112 valence electrons. The molecule has 1 unspecified atom stereocenters. The molecule has 2 aliphatic rings. The van der Waals surface area contributed by atoms with Gasteiger partial charge >= 0.3 is 6.03 Å². The van der Waals surface area contributed by atoms with E-state index in [0.29, 0.717) is 13.1 Å². The second-order valence-corrected chi connectivity index (χ2v) is 5.34. The van der Waals surface area contributed by atoms with E-state index < -0.39 is 6.04 Å². The molecule has 0 saturated carbocycles. The minimum absolute atomic E-state index is 0.183. The minimum Gasteiger partial charge on any atom is -0.357 e. The van der Waals surface area contributed by atoms with Gasteiger partial charge in [0.25, 0.3) is 0 Å². The fraction of sp³-hybridized carbons (Fsp3) is 0.500. The Kier molecular flexibility index (Phi) is 3.89. The lowest BCUT2D eigenvalue weighted by Crippen LogP contribution is -2.42. The normalized spacial score (nSPS) is 21.0. The van der Waals surface area contributed by atoms with E-state index in [2.05, 4.69) is 25.8 Å². The van der Waals surface area contributed by atoms with E-state index in [1.54, 1.807) is 6.20 Å². The second-order valence-electron chi connectivity index (χ2n) is 5.34. The number of nitrogens with zero attached hydrogens (tertiary/aromatic N) is 2. The smallest absolute Gasteiger partial charge is 0.315 e. The van der Waals surface area contributed by atoms with Gasteiger partial charge in [0.2, 0.25) is 5.91 Å². The van der Waals surface area contributed by atoms with Crippen LogP contribution in [0.3, 0.4) is 0 Å². The van der Waals surface area contributed by atoms with Crippen LogP contribution < -0.4 is 20.9 Å². The van der Waals surface area contributed by atoms with Gasteiger partial charge < -0.3 is 20.9 Å². The van der Waals surface area contributed by atoms with E-state index in [1.165, 1.54) is 12.8 Å². The monoisotopic (exact) mass is 289 g/mol. The molecular formula is C14H19N5O2. The molecule has 7 nitrogen and oxygen atoms in total. The molecule has 3 amide bonds. The fourth-order valence-corrected chi connectivity index (χ4v) is 2.58. The van der Waals surface area contributed by atoms with Gasteiger partial charge in [0.1, 0.15) is 11.9 Å². The van der Waals surface area contributed by atoms with Crippen molar-refractivity contribution in [1.29, 1.82) is 0 Å². The quantitative estimate of drug-likeness (QED) is 0.727. The largest absolute Gasteiger partial charge is 0.357 e. The van der Waals surface area contributed by atoms with Crippen molar-refractivity contribution in [3.63, 3.8) is 0 Å². The van der Waals surface area contributed by atoms with Gasteiger partial charge in [-0.1, -0.05) is 6.07 Å². The summed E-state index contributed by atoms with van der Waals surface area (Å²) in [4.78, 5) is 29.5. The Morgan fingerprint density at radius 2 is 2.19 bits per heavy atom. The summed E-state index contributed by atoms with van der Waals surface area (Å²) in [5.41, 5.74) is 0.948. The van der Waals surface area contributed by atoms with Crippen LogP contribution in [0.4, 0.5) is 10.6 Å². The van der Waals surface area contributed by atoms with Crippen molar-refractivity contribution >= 4 is 17.8 Å². The first-order chi connectivity index (χ1) is 10.2. The maximum absolute atomic E-state index is 11.8. The Morgan fingerprint density at radius 3 is 2.81 bits per heavy atom. The Hall–Kier alpha value is -2.31. The molecule has 0 spiro atoms. The summed E-state index contributed by atoms with van der Waals surface area (Å²) in [6.45, 7) is 2.88. The van der Waals surface area contributed by atoms with Gasteiger partial charge in [-0.25, -0.2) is 9.78 Å². The molecule has 3 N–H and O–H groups in total. The Labute approximate surface area is 123 Å². The molecule has 0 aliphatic carbocycles. The molecule has 2 aliphatic heterocycles. The highest BCUT2D eigenvalue weighted by molar-refractivity contribution is 5.90. The van der Waals surface area contributed by atoms with Crippen LogP contribution in [0.1, 0.15) is 18.4 Å². The number of hydrogen-bond acceptors (Lipinski definition) is 4. The van der Waals surface area contributed by atoms with Gasteiger partial charge in [0.05, 0.1) is 0 Å². The number of anilines is 1. The van der Waals surface area contributed by atoms with Crippen molar-refractivity contribution < 1.29 is 9.59 Å². The summed E-state index contributed by atoms with van der Waals surface area (Å²) in [5.74, 6) is 0.812. The SMILES string of the molecule is O=C1NCC(C(=O)NCc2ccc(N3CCCC3)nc2)N1. The third kappa shape index (κ3) is 3.24. The Morgan fingerprint density at radius 1 is 1.38 bits per heavy atom. The summed E-state index contributed by atoms with van der Waals surface area (Å²) in [5, 5.41) is 7.91.